The van der Waals surface area contributed by atoms with E-state index in [0.717, 1.165) is 25.7 Å². The summed E-state index contributed by atoms with van der Waals surface area (Å²) in [6, 6.07) is 0. The molecule has 0 bridgehead atoms. The van der Waals surface area contributed by atoms with Gasteiger partial charge in [0.2, 0.25) is 0 Å². The summed E-state index contributed by atoms with van der Waals surface area (Å²) in [5.41, 5.74) is 0. The molecule has 0 aromatic heterocycles. The van der Waals surface area contributed by atoms with E-state index in [9.17, 15) is 0 Å². The molecule has 0 spiro atoms. The lowest BCUT2D eigenvalue weighted by molar-refractivity contribution is 0.139. The minimum Gasteiger partial charge on any atom is -0.393 e. The highest BCUT2D eigenvalue weighted by Crippen LogP contribution is 2.05. The van der Waals surface area contributed by atoms with Crippen LogP contribution in [0.5, 0.6) is 0 Å². The van der Waals surface area contributed by atoms with Crippen LogP contribution in [0.25, 0.3) is 0 Å². The van der Waals surface area contributed by atoms with Crippen LogP contribution >= 0.6 is 0 Å². The zero-order valence-corrected chi connectivity index (χ0v) is 9.58. The third kappa shape index (κ3) is 18.7. The first-order chi connectivity index (χ1) is 6.08. The van der Waals surface area contributed by atoms with Crippen molar-refractivity contribution in [1.29, 1.82) is 0 Å². The van der Waals surface area contributed by atoms with Gasteiger partial charge in [-0.25, -0.2) is 0 Å². The van der Waals surface area contributed by atoms with Gasteiger partial charge in [0, 0.05) is 0 Å². The topological polar surface area (TPSA) is 40.5 Å². The highest BCUT2D eigenvalue weighted by molar-refractivity contribution is 4.54. The Balaban J connectivity index is 0. The van der Waals surface area contributed by atoms with Crippen molar-refractivity contribution in [3.63, 3.8) is 0 Å². The average molecular weight is 190 g/mol. The second-order valence-corrected chi connectivity index (χ2v) is 3.55. The Labute approximate surface area is 83.0 Å². The van der Waals surface area contributed by atoms with E-state index >= 15 is 0 Å². The highest BCUT2D eigenvalue weighted by atomic mass is 16.3. The molecule has 0 aromatic rings. The number of aliphatic hydroxyl groups is 2. The Hall–Kier alpha value is -0.0800. The van der Waals surface area contributed by atoms with Crippen LogP contribution in [0.1, 0.15) is 59.8 Å². The summed E-state index contributed by atoms with van der Waals surface area (Å²) in [6.45, 7) is 7.99. The predicted octanol–water partition coefficient (Wildman–Crippen LogP) is 2.72. The van der Waals surface area contributed by atoms with Crippen LogP contribution < -0.4 is 0 Å². The number of rotatable bonds is 5. The third-order valence-corrected chi connectivity index (χ3v) is 1.63. The minimum absolute atomic E-state index is 0.168. The highest BCUT2D eigenvalue weighted by Gasteiger charge is 2.01. The van der Waals surface area contributed by atoms with Crippen LogP contribution in [0, 0.1) is 0 Å². The molecule has 2 N–H and O–H groups in total. The minimum atomic E-state index is -0.218. The van der Waals surface area contributed by atoms with Crippen molar-refractivity contribution in [2.45, 2.75) is 72.0 Å². The first-order valence-corrected chi connectivity index (χ1v) is 5.44. The van der Waals surface area contributed by atoms with Gasteiger partial charge in [0.15, 0.2) is 0 Å². The Morgan fingerprint density at radius 1 is 1.00 bits per heavy atom. The van der Waals surface area contributed by atoms with Crippen molar-refractivity contribution >= 4 is 0 Å². The molecule has 13 heavy (non-hydrogen) atoms. The van der Waals surface area contributed by atoms with E-state index in [1.807, 2.05) is 6.92 Å². The van der Waals surface area contributed by atoms with Gasteiger partial charge in [-0.3, -0.25) is 0 Å². The van der Waals surface area contributed by atoms with Crippen LogP contribution in [0.2, 0.25) is 0 Å². The average Bonchev–Trinajstić information content (AvgIpc) is 2.05. The summed E-state index contributed by atoms with van der Waals surface area (Å²) < 4.78 is 0. The summed E-state index contributed by atoms with van der Waals surface area (Å²) >= 11 is 0. The van der Waals surface area contributed by atoms with Gasteiger partial charge in [0.25, 0.3) is 0 Å². The molecule has 2 unspecified atom stereocenters. The Bertz CT molecular complexity index is 82.2. The molecule has 2 atom stereocenters. The van der Waals surface area contributed by atoms with Crippen LogP contribution in [-0.2, 0) is 0 Å². The third-order valence-electron chi connectivity index (χ3n) is 1.63. The predicted molar refractivity (Wildman–Crippen MR) is 57.8 cm³/mol. The Morgan fingerprint density at radius 2 is 1.46 bits per heavy atom. The molecule has 0 aliphatic rings. The van der Waals surface area contributed by atoms with Crippen LogP contribution in [0.4, 0.5) is 0 Å². The van der Waals surface area contributed by atoms with Crippen molar-refractivity contribution in [1.82, 2.24) is 0 Å². The van der Waals surface area contributed by atoms with Crippen LogP contribution in [0.3, 0.4) is 0 Å². The monoisotopic (exact) mass is 190 g/mol. The SMILES string of the molecule is CCC.CCC(O)CCCC(C)O. The summed E-state index contributed by atoms with van der Waals surface area (Å²) in [5.74, 6) is 0. The summed E-state index contributed by atoms with van der Waals surface area (Å²) in [7, 11) is 0. The van der Waals surface area contributed by atoms with Crippen molar-refractivity contribution in [2.24, 2.45) is 0 Å². The van der Waals surface area contributed by atoms with E-state index in [-0.39, 0.29) is 12.2 Å². The standard InChI is InChI=1S/C8H18O2.C3H8/c1-3-8(10)6-4-5-7(2)9;1-3-2/h7-10H,3-6H2,1-2H3;3H2,1-2H3. The van der Waals surface area contributed by atoms with Gasteiger partial charge in [-0.1, -0.05) is 27.2 Å². The molecule has 2 nitrogen and oxygen atoms in total. The first kappa shape index (κ1) is 15.4. The number of hydrogen-bond acceptors (Lipinski definition) is 2. The molecule has 0 amide bonds. The summed E-state index contributed by atoms with van der Waals surface area (Å²) in [6.07, 6.45) is 4.23. The fraction of sp³-hybridized carbons (Fsp3) is 1.00. The van der Waals surface area contributed by atoms with Crippen LogP contribution in [0.15, 0.2) is 0 Å². The molecular formula is C11H26O2. The van der Waals surface area contributed by atoms with E-state index in [2.05, 4.69) is 13.8 Å². The van der Waals surface area contributed by atoms with E-state index in [0.29, 0.717) is 0 Å². The molecule has 0 fully saturated rings. The molecule has 0 saturated heterocycles. The molecule has 0 rings (SSSR count). The van der Waals surface area contributed by atoms with E-state index < -0.39 is 0 Å². The molecule has 2 heteroatoms. The van der Waals surface area contributed by atoms with Gasteiger partial charge < -0.3 is 10.2 Å². The Morgan fingerprint density at radius 3 is 1.77 bits per heavy atom. The fourth-order valence-corrected chi connectivity index (χ4v) is 0.853. The molecule has 0 aromatic carbocycles. The molecular weight excluding hydrogens is 164 g/mol. The van der Waals surface area contributed by atoms with Crippen molar-refractivity contribution in [3.05, 3.63) is 0 Å². The normalized spacial score (nSPS) is 14.3. The van der Waals surface area contributed by atoms with Crippen molar-refractivity contribution < 1.29 is 10.2 Å². The molecule has 0 radical (unpaired) electrons. The van der Waals surface area contributed by atoms with Gasteiger partial charge in [-0.2, -0.15) is 0 Å². The smallest absolute Gasteiger partial charge is 0.0537 e. The largest absolute Gasteiger partial charge is 0.393 e. The first-order valence-electron chi connectivity index (χ1n) is 5.44. The van der Waals surface area contributed by atoms with E-state index in [1.165, 1.54) is 6.42 Å². The van der Waals surface area contributed by atoms with Gasteiger partial charge in [0.05, 0.1) is 12.2 Å². The van der Waals surface area contributed by atoms with Crippen molar-refractivity contribution in [3.8, 4) is 0 Å². The maximum absolute atomic E-state index is 9.09. The molecule has 0 aliphatic heterocycles. The lowest BCUT2D eigenvalue weighted by atomic mass is 10.1. The zero-order valence-electron chi connectivity index (χ0n) is 9.58. The zero-order chi connectivity index (χ0) is 10.7. The number of aliphatic hydroxyl groups excluding tert-OH is 2. The molecule has 0 aliphatic carbocycles. The lowest BCUT2D eigenvalue weighted by Crippen LogP contribution is -2.06. The summed E-state index contributed by atoms with van der Waals surface area (Å²) in [4.78, 5) is 0. The molecule has 82 valence electrons. The van der Waals surface area contributed by atoms with Gasteiger partial charge in [-0.15, -0.1) is 0 Å². The van der Waals surface area contributed by atoms with Crippen molar-refractivity contribution in [2.75, 3.05) is 0 Å². The van der Waals surface area contributed by atoms with Crippen LogP contribution in [-0.4, -0.2) is 22.4 Å². The molecule has 0 heterocycles. The maximum atomic E-state index is 9.09. The summed E-state index contributed by atoms with van der Waals surface area (Å²) in [5, 5.41) is 17.9. The second kappa shape index (κ2) is 11.9. The second-order valence-electron chi connectivity index (χ2n) is 3.55. The Kier molecular flexibility index (Phi) is 14.1. The fourth-order valence-electron chi connectivity index (χ4n) is 0.853. The van der Waals surface area contributed by atoms with E-state index in [1.54, 1.807) is 6.92 Å². The van der Waals surface area contributed by atoms with E-state index in [4.69, 9.17) is 10.2 Å². The number of hydrogen-bond donors (Lipinski definition) is 2. The van der Waals surface area contributed by atoms with Gasteiger partial charge >= 0.3 is 0 Å². The van der Waals surface area contributed by atoms with Gasteiger partial charge in [-0.05, 0) is 32.6 Å². The lowest BCUT2D eigenvalue weighted by Gasteiger charge is -2.07. The maximum Gasteiger partial charge on any atom is 0.0537 e. The van der Waals surface area contributed by atoms with Gasteiger partial charge in [0.1, 0.15) is 0 Å². The quantitative estimate of drug-likeness (QED) is 0.700. The molecule has 0 saturated carbocycles.